The Kier molecular flexibility index (Phi) is 8.09. The molecule has 2 heterocycles. The van der Waals surface area contributed by atoms with E-state index in [-0.39, 0.29) is 5.78 Å². The van der Waals surface area contributed by atoms with E-state index in [2.05, 4.69) is 52.7 Å². The Hall–Kier alpha value is -2.19. The Labute approximate surface area is 203 Å². The van der Waals surface area contributed by atoms with E-state index in [1.165, 1.54) is 11.1 Å². The lowest BCUT2D eigenvalue weighted by Gasteiger charge is -2.29. The largest absolute Gasteiger partial charge is 0.381 e. The second kappa shape index (κ2) is 11.0. The number of hydrogen-bond donors (Lipinski definition) is 1. The molecule has 0 amide bonds. The molecule has 1 fully saturated rings. The maximum atomic E-state index is 12.9. The number of allylic oxidation sites excluding steroid dienone is 2. The minimum Gasteiger partial charge on any atom is -0.381 e. The molecule has 5 atom stereocenters. The van der Waals surface area contributed by atoms with Crippen LogP contribution in [-0.2, 0) is 4.74 Å². The minimum absolute atomic E-state index is 0.292. The predicted molar refractivity (Wildman–Crippen MR) is 135 cm³/mol. The van der Waals surface area contributed by atoms with Crippen molar-refractivity contribution in [2.45, 2.75) is 44.4 Å². The van der Waals surface area contributed by atoms with Gasteiger partial charge in [0.25, 0.3) is 0 Å². The molecule has 2 aliphatic rings. The highest BCUT2D eigenvalue weighted by Crippen LogP contribution is 2.47. The van der Waals surface area contributed by atoms with Crippen molar-refractivity contribution >= 4 is 20.4 Å². The van der Waals surface area contributed by atoms with Gasteiger partial charge in [0.15, 0.2) is 0 Å². The summed E-state index contributed by atoms with van der Waals surface area (Å²) in [6.07, 6.45) is 3.52. The van der Waals surface area contributed by atoms with Gasteiger partial charge in [0.1, 0.15) is 19.4 Å². The van der Waals surface area contributed by atoms with Crippen LogP contribution in [0.15, 0.2) is 36.5 Å². The van der Waals surface area contributed by atoms with Gasteiger partial charge in [-0.25, -0.2) is 8.78 Å². The zero-order valence-electron chi connectivity index (χ0n) is 19.7. The molecule has 5 unspecified atom stereocenters. The Bertz CT molecular complexity index is 1070. The topological polar surface area (TPSA) is 57.9 Å². The highest BCUT2D eigenvalue weighted by atomic mass is 31.0. The first-order valence-corrected chi connectivity index (χ1v) is 12.5. The van der Waals surface area contributed by atoms with Crippen LogP contribution < -0.4 is 5.32 Å². The van der Waals surface area contributed by atoms with Crippen LogP contribution >= 0.6 is 9.24 Å². The number of hydrogen-bond acceptors (Lipinski definition) is 4. The number of nitriles is 1. The number of halogens is 2. The zero-order chi connectivity index (χ0) is 24.2. The van der Waals surface area contributed by atoms with Crippen molar-refractivity contribution in [3.8, 4) is 6.07 Å². The molecular formula is C27H32F2N3OP. The molecule has 2 aromatic rings. The van der Waals surface area contributed by atoms with Gasteiger partial charge in [0, 0.05) is 25.2 Å². The first-order valence-electron chi connectivity index (χ1n) is 11.9. The van der Waals surface area contributed by atoms with E-state index in [1.54, 1.807) is 6.20 Å². The fourth-order valence-corrected chi connectivity index (χ4v) is 5.74. The molecule has 1 aromatic carbocycles. The van der Waals surface area contributed by atoms with E-state index in [4.69, 9.17) is 9.72 Å². The van der Waals surface area contributed by atoms with Gasteiger partial charge in [-0.15, -0.1) is 9.24 Å². The summed E-state index contributed by atoms with van der Waals surface area (Å²) in [7, 11) is 2.58. The quantitative estimate of drug-likeness (QED) is 0.509. The number of benzene rings is 1. The van der Waals surface area contributed by atoms with Gasteiger partial charge in [0.05, 0.1) is 17.3 Å². The third-order valence-electron chi connectivity index (χ3n) is 7.28. The average Bonchev–Trinajstić information content (AvgIpc) is 3.36. The Balaban J connectivity index is 1.74. The molecule has 1 aliphatic heterocycles. The van der Waals surface area contributed by atoms with Gasteiger partial charge in [-0.3, -0.25) is 10.3 Å². The fraction of sp³-hybridized carbons (Fsp3) is 0.481. The maximum Gasteiger partial charge on any atom is 0.107 e. The SMILES string of the molecule is Cc1ccc2c(c1)C(C)C(C1CCOC1)CC(c1ccc(C(P)NC(CF)CF)cn1)=C2C#N. The highest BCUT2D eigenvalue weighted by molar-refractivity contribution is 7.17. The summed E-state index contributed by atoms with van der Waals surface area (Å²) >= 11 is 0. The summed E-state index contributed by atoms with van der Waals surface area (Å²) < 4.78 is 31.6. The molecule has 0 saturated carbocycles. The lowest BCUT2D eigenvalue weighted by atomic mass is 9.75. The molecule has 7 heteroatoms. The number of aryl methyl sites for hydroxylation is 1. The van der Waals surface area contributed by atoms with Crippen molar-refractivity contribution < 1.29 is 13.5 Å². The molecule has 4 rings (SSSR count). The average molecular weight is 484 g/mol. The third kappa shape index (κ3) is 5.08. The molecule has 1 aliphatic carbocycles. The zero-order valence-corrected chi connectivity index (χ0v) is 20.9. The first-order chi connectivity index (χ1) is 16.5. The van der Waals surface area contributed by atoms with E-state index < -0.39 is 19.4 Å². The number of alkyl halides is 2. The fourth-order valence-electron chi connectivity index (χ4n) is 5.27. The number of nitrogens with one attached hydrogen (secondary N) is 1. The van der Waals surface area contributed by atoms with Crippen LogP contribution in [0.4, 0.5) is 8.78 Å². The number of aromatic nitrogens is 1. The smallest absolute Gasteiger partial charge is 0.107 e. The van der Waals surface area contributed by atoms with Crippen molar-refractivity contribution in [2.24, 2.45) is 11.8 Å². The van der Waals surface area contributed by atoms with Gasteiger partial charge in [-0.05, 0) is 65.8 Å². The van der Waals surface area contributed by atoms with E-state index in [0.717, 1.165) is 48.4 Å². The maximum absolute atomic E-state index is 12.9. The Morgan fingerprint density at radius 1 is 1.26 bits per heavy atom. The molecule has 1 aromatic heterocycles. The number of ether oxygens (including phenoxy) is 1. The van der Waals surface area contributed by atoms with Crippen molar-refractivity contribution in [3.63, 3.8) is 0 Å². The van der Waals surface area contributed by atoms with E-state index in [9.17, 15) is 14.0 Å². The summed E-state index contributed by atoms with van der Waals surface area (Å²) in [6.45, 7) is 4.36. The number of nitrogens with zero attached hydrogens (tertiary/aromatic N) is 2. The van der Waals surface area contributed by atoms with Crippen LogP contribution in [0.2, 0.25) is 0 Å². The molecule has 1 saturated heterocycles. The second-order valence-electron chi connectivity index (χ2n) is 9.46. The monoisotopic (exact) mass is 483 g/mol. The lowest BCUT2D eigenvalue weighted by Crippen LogP contribution is -2.33. The van der Waals surface area contributed by atoms with Crippen LogP contribution in [-0.4, -0.2) is 37.6 Å². The van der Waals surface area contributed by atoms with Gasteiger partial charge in [0.2, 0.25) is 0 Å². The molecule has 0 bridgehead atoms. The van der Waals surface area contributed by atoms with E-state index >= 15 is 0 Å². The van der Waals surface area contributed by atoms with Crippen molar-refractivity contribution in [1.82, 2.24) is 10.3 Å². The normalized spacial score (nSPS) is 23.5. The number of pyridine rings is 1. The molecule has 180 valence electrons. The summed E-state index contributed by atoms with van der Waals surface area (Å²) in [6, 6.07) is 11.8. The van der Waals surface area contributed by atoms with Crippen molar-refractivity contribution in [2.75, 3.05) is 26.6 Å². The standard InChI is InChI=1S/C27H32F2N3OP/c1-16-3-5-21-23(9-16)17(2)22(19-7-8-33-15-19)10-24(25(21)13-30)26-6-4-18(14-31-26)27(34)32-20(11-28)12-29/h3-6,9,14,17,19-20,22,27,32H,7-8,10-12,15,34H2,1-2H3. The van der Waals surface area contributed by atoms with Crippen LogP contribution in [0.3, 0.4) is 0 Å². The van der Waals surface area contributed by atoms with E-state index in [0.29, 0.717) is 23.3 Å². The molecule has 34 heavy (non-hydrogen) atoms. The van der Waals surface area contributed by atoms with Crippen LogP contribution in [0.25, 0.3) is 11.1 Å². The Morgan fingerprint density at radius 3 is 2.68 bits per heavy atom. The number of rotatable bonds is 7. The predicted octanol–water partition coefficient (Wildman–Crippen LogP) is 5.76. The first kappa shape index (κ1) is 24.9. The van der Waals surface area contributed by atoms with Gasteiger partial charge in [-0.1, -0.05) is 36.8 Å². The van der Waals surface area contributed by atoms with Gasteiger partial charge < -0.3 is 4.74 Å². The number of fused-ring (bicyclic) bond motifs is 1. The summed E-state index contributed by atoms with van der Waals surface area (Å²) in [5.41, 5.74) is 6.63. The Morgan fingerprint density at radius 2 is 2.06 bits per heavy atom. The minimum atomic E-state index is -0.840. The van der Waals surface area contributed by atoms with E-state index in [1.807, 2.05) is 12.1 Å². The molecule has 4 nitrogen and oxygen atoms in total. The van der Waals surface area contributed by atoms with Crippen LogP contribution in [0, 0.1) is 30.1 Å². The van der Waals surface area contributed by atoms with Gasteiger partial charge >= 0.3 is 0 Å². The lowest BCUT2D eigenvalue weighted by molar-refractivity contribution is 0.167. The summed E-state index contributed by atoms with van der Waals surface area (Å²) in [5, 5.41) is 13.2. The second-order valence-corrected chi connectivity index (χ2v) is 10.1. The summed E-state index contributed by atoms with van der Waals surface area (Å²) in [4.78, 5) is 4.72. The van der Waals surface area contributed by atoms with Crippen LogP contribution in [0.1, 0.15) is 59.4 Å². The van der Waals surface area contributed by atoms with Crippen molar-refractivity contribution in [3.05, 3.63) is 64.5 Å². The molecule has 0 spiro atoms. The summed E-state index contributed by atoms with van der Waals surface area (Å²) in [5.74, 6) is 0.760. The molecule has 0 radical (unpaired) electrons. The molecular weight excluding hydrogens is 451 g/mol. The van der Waals surface area contributed by atoms with Crippen LogP contribution in [0.5, 0.6) is 0 Å². The molecule has 1 N–H and O–H groups in total. The van der Waals surface area contributed by atoms with Crippen molar-refractivity contribution in [1.29, 1.82) is 5.26 Å². The highest BCUT2D eigenvalue weighted by Gasteiger charge is 2.36. The third-order valence-corrected chi connectivity index (χ3v) is 7.85. The van der Waals surface area contributed by atoms with Gasteiger partial charge in [-0.2, -0.15) is 5.26 Å².